The third-order valence-corrected chi connectivity index (χ3v) is 6.98. The van der Waals surface area contributed by atoms with Gasteiger partial charge in [-0.15, -0.1) is 7.05 Å². The Kier molecular flexibility index (Phi) is 5.81. The molecule has 0 radical (unpaired) electrons. The van der Waals surface area contributed by atoms with Gasteiger partial charge in [0, 0.05) is 40.0 Å². The number of hydrogen-bond acceptors (Lipinski definition) is 4. The van der Waals surface area contributed by atoms with Crippen LogP contribution in [0.15, 0.2) is 0 Å². The summed E-state index contributed by atoms with van der Waals surface area (Å²) in [7, 11) is -6.39. The van der Waals surface area contributed by atoms with E-state index in [1.54, 1.807) is 14.1 Å². The first kappa shape index (κ1) is 23.4. The topological polar surface area (TPSA) is 91.8 Å². The van der Waals surface area contributed by atoms with Crippen LogP contribution in [-0.2, 0) is 20.1 Å². The van der Waals surface area contributed by atoms with Crippen LogP contribution in [0.25, 0.3) is 0 Å². The van der Waals surface area contributed by atoms with E-state index in [1.165, 1.54) is 0 Å². The molecular weight excluding hydrogens is 418 g/mol. The van der Waals surface area contributed by atoms with Gasteiger partial charge in [-0.2, -0.15) is 39.1 Å². The molecule has 1 saturated heterocycles. The summed E-state index contributed by atoms with van der Waals surface area (Å²) in [5.41, 5.74) is 0. The van der Waals surface area contributed by atoms with E-state index >= 15 is 0 Å². The van der Waals surface area contributed by atoms with Crippen molar-refractivity contribution >= 4 is 20.1 Å². The highest BCUT2D eigenvalue weighted by Gasteiger charge is 2.82. The highest BCUT2D eigenvalue weighted by atomic mass is 32.2. The van der Waals surface area contributed by atoms with Crippen molar-refractivity contribution in [1.82, 2.24) is 4.31 Å². The van der Waals surface area contributed by atoms with Crippen LogP contribution in [-0.4, -0.2) is 79.8 Å². The Morgan fingerprint density at radius 2 is 1.35 bits per heavy atom. The Hall–Kier alpha value is -0.640. The zero-order chi connectivity index (χ0) is 21.0. The Bertz CT molecular complexity index is 740. The quantitative estimate of drug-likeness (QED) is 0.294. The normalized spacial score (nSPS) is 20.4. The maximum atomic E-state index is 13.9. The predicted octanol–water partition coefficient (Wildman–Crippen LogP) is 1.36. The molecule has 156 valence electrons. The summed E-state index contributed by atoms with van der Waals surface area (Å²) in [4.78, 5) is 0. The Balaban J connectivity index is 3.23. The maximum Gasteiger partial charge on any atom is 0.439 e. The lowest BCUT2D eigenvalue weighted by molar-refractivity contribution is -0.873. The van der Waals surface area contributed by atoms with Crippen molar-refractivity contribution in [3.63, 3.8) is 0 Å². The molecule has 0 aromatic heterocycles. The monoisotopic (exact) mass is 436 g/mol. The maximum absolute atomic E-state index is 13.9. The van der Waals surface area contributed by atoms with Crippen molar-refractivity contribution in [2.24, 2.45) is 0 Å². The highest BCUT2D eigenvalue weighted by molar-refractivity contribution is 7.90. The number of hydrogen-bond donors (Lipinski definition) is 1. The van der Waals surface area contributed by atoms with Crippen LogP contribution >= 0.6 is 0 Å². The fourth-order valence-corrected chi connectivity index (χ4v) is 4.42. The summed E-state index contributed by atoms with van der Waals surface area (Å²) >= 11 is 0. The molecule has 0 bridgehead atoms. The van der Waals surface area contributed by atoms with E-state index in [1.807, 2.05) is 0 Å². The number of sulfonamides is 1. The molecule has 0 aromatic rings. The van der Waals surface area contributed by atoms with Gasteiger partial charge in [-0.1, -0.05) is 0 Å². The largest absolute Gasteiger partial charge is 0.459 e. The molecule has 0 aromatic carbocycles. The zero-order valence-corrected chi connectivity index (χ0v) is 15.3. The van der Waals surface area contributed by atoms with Crippen LogP contribution in [0.4, 0.5) is 26.3 Å². The molecule has 1 N–H and O–H groups in total. The second-order valence-electron chi connectivity index (χ2n) is 6.50. The number of halogens is 6. The highest BCUT2D eigenvalue weighted by Crippen LogP contribution is 2.51. The van der Waals surface area contributed by atoms with E-state index in [4.69, 9.17) is 4.55 Å². The lowest BCUT2D eigenvalue weighted by Crippen LogP contribution is -2.64. The molecule has 0 amide bonds. The van der Waals surface area contributed by atoms with Crippen LogP contribution in [0.1, 0.15) is 12.8 Å². The Labute approximate surface area is 146 Å². The smallest absolute Gasteiger partial charge is 0.439 e. The third kappa shape index (κ3) is 3.55. The summed E-state index contributed by atoms with van der Waals surface area (Å²) in [5.74, 6) is -6.91. The number of rotatable bonds is 6. The molecule has 0 spiro atoms. The minimum absolute atomic E-state index is 0.0634. The number of nitrogens with zero attached hydrogens (tertiary/aromatic N) is 2. The van der Waals surface area contributed by atoms with Crippen molar-refractivity contribution in [2.75, 3.05) is 27.2 Å². The summed E-state index contributed by atoms with van der Waals surface area (Å²) in [6.45, 7) is -1.35. The van der Waals surface area contributed by atoms with Crippen LogP contribution in [0.2, 0.25) is 0 Å². The van der Waals surface area contributed by atoms with E-state index in [2.05, 4.69) is 7.05 Å². The molecule has 0 atom stereocenters. The van der Waals surface area contributed by atoms with Gasteiger partial charge in [0.25, 0.3) is 10.0 Å². The number of piperidine rings is 1. The molecule has 1 aliphatic rings. The molecule has 7 nitrogen and oxygen atoms in total. The lowest BCUT2D eigenvalue weighted by Gasteiger charge is -2.46. The summed E-state index contributed by atoms with van der Waals surface area (Å²) in [6, 6.07) is -0.296. The van der Waals surface area contributed by atoms with Gasteiger partial charge < -0.3 is 4.48 Å². The van der Waals surface area contributed by atoms with Gasteiger partial charge in [0.15, 0.2) is 0 Å². The van der Waals surface area contributed by atoms with Crippen molar-refractivity contribution < 1.29 is 52.2 Å². The molecule has 1 aliphatic heterocycles. The van der Waals surface area contributed by atoms with E-state index in [-0.39, 0.29) is 27.7 Å². The molecule has 0 aliphatic carbocycles. The van der Waals surface area contributed by atoms with Gasteiger partial charge in [-0.05, 0) is 0 Å². The van der Waals surface area contributed by atoms with Crippen LogP contribution in [0.3, 0.4) is 0 Å². The Morgan fingerprint density at radius 1 is 0.962 bits per heavy atom. The third-order valence-electron chi connectivity index (χ3n) is 4.13. The second-order valence-corrected chi connectivity index (χ2v) is 9.94. The first-order valence-corrected chi connectivity index (χ1v) is 9.87. The molecular formula is C11H18F6N2O5S2. The number of alkyl halides is 6. The van der Waals surface area contributed by atoms with Crippen molar-refractivity contribution in [1.29, 1.82) is 0 Å². The van der Waals surface area contributed by atoms with Gasteiger partial charge in [0.1, 0.15) is 0 Å². The molecule has 0 saturated carbocycles. The van der Waals surface area contributed by atoms with Gasteiger partial charge >= 0.3 is 26.5 Å². The average Bonchev–Trinajstić information content (AvgIpc) is 2.44. The average molecular weight is 436 g/mol. The summed E-state index contributed by atoms with van der Waals surface area (Å²) < 4.78 is 134. The van der Waals surface area contributed by atoms with Gasteiger partial charge in [0.05, 0.1) is 6.04 Å². The molecule has 0 unspecified atom stereocenters. The summed E-state index contributed by atoms with van der Waals surface area (Å²) in [6.07, 6.45) is -0.127. The minimum atomic E-state index is -7.02. The van der Waals surface area contributed by atoms with E-state index < -0.39 is 49.7 Å². The molecule has 26 heavy (non-hydrogen) atoms. The molecule has 15 heteroatoms. The fourth-order valence-electron chi connectivity index (χ4n) is 2.44. The summed E-state index contributed by atoms with van der Waals surface area (Å²) in [5, 5.41) is -13.2. The van der Waals surface area contributed by atoms with E-state index in [0.29, 0.717) is 0 Å². The minimum Gasteiger partial charge on any atom is -0.459 e. The molecule has 1 rings (SSSR count). The standard InChI is InChI=1S/C11H18F6N2O5S2/c1-19(2,3)8-4-6-18(7-5-8)25(20,21)10(14,15)9(12,13)11(16,17)26(22,23)24/h8H,1,4-7H2,2-3H3,(H,22,23,24). The molecule has 1 fully saturated rings. The fraction of sp³-hybridized carbons (Fsp3) is 0.909. The van der Waals surface area contributed by atoms with Crippen LogP contribution in [0.5, 0.6) is 0 Å². The van der Waals surface area contributed by atoms with Crippen LogP contribution < -0.4 is 0 Å². The first-order valence-electron chi connectivity index (χ1n) is 6.99. The zero-order valence-electron chi connectivity index (χ0n) is 13.7. The van der Waals surface area contributed by atoms with E-state index in [9.17, 15) is 43.2 Å². The van der Waals surface area contributed by atoms with Gasteiger partial charge in [-0.25, -0.2) is 8.42 Å². The van der Waals surface area contributed by atoms with Crippen molar-refractivity contribution in [2.45, 2.75) is 35.3 Å². The van der Waals surface area contributed by atoms with Gasteiger partial charge in [0.2, 0.25) is 0 Å². The van der Waals surface area contributed by atoms with Gasteiger partial charge in [-0.3, -0.25) is 4.55 Å². The SMILES string of the molecule is [CH2-][N+](C)(C)C1CCN(S(=O)(=O)C(F)(F)C(F)(F)C(F)(F)S(=O)(=O)O)CC1. The molecule has 1 heterocycles. The Morgan fingerprint density at radius 3 is 1.65 bits per heavy atom. The second kappa shape index (κ2) is 6.46. The first-order chi connectivity index (χ1) is 11.2. The van der Waals surface area contributed by atoms with Crippen LogP contribution in [0, 0.1) is 7.05 Å². The predicted molar refractivity (Wildman–Crippen MR) is 77.4 cm³/mol. The number of quaternary nitrogens is 1. The lowest BCUT2D eigenvalue weighted by atomic mass is 10.0. The van der Waals surface area contributed by atoms with Crippen molar-refractivity contribution in [3.8, 4) is 0 Å². The van der Waals surface area contributed by atoms with Crippen molar-refractivity contribution in [3.05, 3.63) is 7.05 Å². The van der Waals surface area contributed by atoms with E-state index in [0.717, 1.165) is 0 Å².